The molecule has 112 valence electrons. The van der Waals surface area contributed by atoms with E-state index in [9.17, 15) is 9.82 Å². The molecule has 0 saturated heterocycles. The molecule has 2 heterocycles. The van der Waals surface area contributed by atoms with Crippen molar-refractivity contribution in [1.29, 1.82) is 0 Å². The minimum atomic E-state index is -0.926. The van der Waals surface area contributed by atoms with E-state index in [1.54, 1.807) is 12.1 Å². The molecule has 1 aromatic carbocycles. The monoisotopic (exact) mass is 299 g/mol. The van der Waals surface area contributed by atoms with Gasteiger partial charge in [-0.2, -0.15) is 0 Å². The Balaban J connectivity index is 1.74. The van der Waals surface area contributed by atoms with Crippen LogP contribution in [0.4, 0.5) is 0 Å². The van der Waals surface area contributed by atoms with Crippen molar-refractivity contribution >= 4 is 18.5 Å². The average molecular weight is 299 g/mol. The van der Waals surface area contributed by atoms with Crippen LogP contribution in [0.1, 0.15) is 23.0 Å². The maximum atomic E-state index is 11.6. The van der Waals surface area contributed by atoms with Gasteiger partial charge in [-0.15, -0.1) is 0 Å². The normalized spacial score (nSPS) is 12.9. The SMILES string of the molecule is CCNC(=O)c1cnc(Oc2ccc3c(c2)B(O)OC3)cn1. The second-order valence-electron chi connectivity index (χ2n) is 4.73. The van der Waals surface area contributed by atoms with Crippen molar-refractivity contribution in [3.05, 3.63) is 41.9 Å². The number of nitrogens with one attached hydrogen (secondary N) is 1. The fraction of sp³-hybridized carbons (Fsp3) is 0.214. The van der Waals surface area contributed by atoms with E-state index in [2.05, 4.69) is 15.3 Å². The summed E-state index contributed by atoms with van der Waals surface area (Å²) in [6.07, 6.45) is 2.73. The van der Waals surface area contributed by atoms with Gasteiger partial charge in [0.1, 0.15) is 11.4 Å². The topological polar surface area (TPSA) is 93.6 Å². The van der Waals surface area contributed by atoms with Gasteiger partial charge in [-0.1, -0.05) is 6.07 Å². The number of hydrogen-bond acceptors (Lipinski definition) is 6. The average Bonchev–Trinajstić information content (AvgIpc) is 2.89. The van der Waals surface area contributed by atoms with E-state index < -0.39 is 7.12 Å². The van der Waals surface area contributed by atoms with E-state index in [1.165, 1.54) is 12.4 Å². The lowest BCUT2D eigenvalue weighted by atomic mass is 9.79. The Labute approximate surface area is 127 Å². The molecule has 2 aromatic rings. The molecule has 0 fully saturated rings. The maximum Gasteiger partial charge on any atom is 0.491 e. The fourth-order valence-corrected chi connectivity index (χ4v) is 2.11. The van der Waals surface area contributed by atoms with Gasteiger partial charge in [0.2, 0.25) is 5.88 Å². The van der Waals surface area contributed by atoms with Crippen LogP contribution >= 0.6 is 0 Å². The molecule has 1 aliphatic heterocycles. The van der Waals surface area contributed by atoms with Crippen molar-refractivity contribution in [3.63, 3.8) is 0 Å². The number of amides is 1. The van der Waals surface area contributed by atoms with Crippen LogP contribution < -0.4 is 15.5 Å². The minimum Gasteiger partial charge on any atom is -0.438 e. The lowest BCUT2D eigenvalue weighted by Crippen LogP contribution is -2.27. The van der Waals surface area contributed by atoms with Crippen LogP contribution in [0.15, 0.2) is 30.6 Å². The second-order valence-corrected chi connectivity index (χ2v) is 4.73. The molecule has 0 aliphatic carbocycles. The summed E-state index contributed by atoms with van der Waals surface area (Å²) in [5.41, 5.74) is 1.84. The Hall–Kier alpha value is -2.45. The van der Waals surface area contributed by atoms with Crippen molar-refractivity contribution in [2.24, 2.45) is 0 Å². The van der Waals surface area contributed by atoms with Crippen molar-refractivity contribution in [2.75, 3.05) is 6.54 Å². The van der Waals surface area contributed by atoms with Gasteiger partial charge < -0.3 is 19.7 Å². The van der Waals surface area contributed by atoms with Gasteiger partial charge in [0.05, 0.1) is 19.0 Å². The van der Waals surface area contributed by atoms with E-state index in [4.69, 9.17) is 9.39 Å². The van der Waals surface area contributed by atoms with Gasteiger partial charge in [-0.25, -0.2) is 9.97 Å². The molecular formula is C14H14BN3O4. The Morgan fingerprint density at radius 1 is 1.45 bits per heavy atom. The third-order valence-corrected chi connectivity index (χ3v) is 3.20. The third-order valence-electron chi connectivity index (χ3n) is 3.20. The summed E-state index contributed by atoms with van der Waals surface area (Å²) >= 11 is 0. The Kier molecular flexibility index (Phi) is 4.03. The zero-order chi connectivity index (χ0) is 15.5. The molecule has 8 heteroatoms. The maximum absolute atomic E-state index is 11.6. The number of fused-ring (bicyclic) bond motifs is 1. The number of carbonyl (C=O) groups is 1. The third kappa shape index (κ3) is 2.93. The molecule has 1 amide bonds. The van der Waals surface area contributed by atoms with E-state index >= 15 is 0 Å². The summed E-state index contributed by atoms with van der Waals surface area (Å²) in [7, 11) is -0.926. The largest absolute Gasteiger partial charge is 0.491 e. The lowest BCUT2D eigenvalue weighted by molar-refractivity contribution is 0.0950. The lowest BCUT2D eigenvalue weighted by Gasteiger charge is -2.07. The predicted octanol–water partition coefficient (Wildman–Crippen LogP) is 0.236. The first kappa shape index (κ1) is 14.5. The van der Waals surface area contributed by atoms with Crippen molar-refractivity contribution < 1.29 is 19.2 Å². The smallest absolute Gasteiger partial charge is 0.438 e. The molecule has 0 atom stereocenters. The molecule has 0 spiro atoms. The molecule has 0 saturated carbocycles. The molecule has 2 N–H and O–H groups in total. The van der Waals surface area contributed by atoms with Crippen molar-refractivity contribution in [1.82, 2.24) is 15.3 Å². The van der Waals surface area contributed by atoms with Crippen LogP contribution in [0.25, 0.3) is 0 Å². The Morgan fingerprint density at radius 3 is 3.05 bits per heavy atom. The van der Waals surface area contributed by atoms with Crippen LogP contribution in [0.5, 0.6) is 11.6 Å². The zero-order valence-corrected chi connectivity index (χ0v) is 11.9. The van der Waals surface area contributed by atoms with E-state index in [0.29, 0.717) is 24.4 Å². The number of benzene rings is 1. The number of rotatable bonds is 4. The molecule has 3 rings (SSSR count). The molecule has 7 nitrogen and oxygen atoms in total. The van der Waals surface area contributed by atoms with Gasteiger partial charge in [-0.05, 0) is 30.1 Å². The van der Waals surface area contributed by atoms with Crippen LogP contribution in [-0.2, 0) is 11.3 Å². The Morgan fingerprint density at radius 2 is 2.32 bits per heavy atom. The summed E-state index contributed by atoms with van der Waals surface area (Å²) in [6.45, 7) is 2.74. The first-order valence-electron chi connectivity index (χ1n) is 6.88. The number of nitrogens with zero attached hydrogens (tertiary/aromatic N) is 2. The molecule has 1 aliphatic rings. The molecule has 0 unspecified atom stereocenters. The molecule has 0 radical (unpaired) electrons. The fourth-order valence-electron chi connectivity index (χ4n) is 2.11. The van der Waals surface area contributed by atoms with Crippen LogP contribution in [0, 0.1) is 0 Å². The highest BCUT2D eigenvalue weighted by Gasteiger charge is 2.27. The number of aromatic nitrogens is 2. The van der Waals surface area contributed by atoms with Gasteiger partial charge in [-0.3, -0.25) is 4.79 Å². The Bertz CT molecular complexity index is 693. The highest BCUT2D eigenvalue weighted by atomic mass is 16.5. The second kappa shape index (κ2) is 6.12. The summed E-state index contributed by atoms with van der Waals surface area (Å²) in [4.78, 5) is 19.6. The minimum absolute atomic E-state index is 0.229. The van der Waals surface area contributed by atoms with Gasteiger partial charge in [0.15, 0.2) is 0 Å². The summed E-state index contributed by atoms with van der Waals surface area (Å²) in [5, 5.41) is 12.3. The molecule has 0 bridgehead atoms. The summed E-state index contributed by atoms with van der Waals surface area (Å²) in [5.74, 6) is 0.504. The highest BCUT2D eigenvalue weighted by molar-refractivity contribution is 6.61. The van der Waals surface area contributed by atoms with Gasteiger partial charge >= 0.3 is 7.12 Å². The quantitative estimate of drug-likeness (QED) is 0.785. The number of carbonyl (C=O) groups excluding carboxylic acids is 1. The van der Waals surface area contributed by atoms with E-state index in [0.717, 1.165) is 5.56 Å². The standard InChI is InChI=1S/C14H14BN3O4/c1-2-16-14(19)12-6-18-13(7-17-12)22-10-4-3-9-8-21-15(20)11(9)5-10/h3-7,20H,2,8H2,1H3,(H,16,19). The van der Waals surface area contributed by atoms with Crippen LogP contribution in [-0.4, -0.2) is 34.6 Å². The molecular weight excluding hydrogens is 285 g/mol. The van der Waals surface area contributed by atoms with Crippen molar-refractivity contribution in [2.45, 2.75) is 13.5 Å². The number of ether oxygens (including phenoxy) is 1. The van der Waals surface area contributed by atoms with Crippen LogP contribution in [0.2, 0.25) is 0 Å². The van der Waals surface area contributed by atoms with Crippen LogP contribution in [0.3, 0.4) is 0 Å². The van der Waals surface area contributed by atoms with Gasteiger partial charge in [0, 0.05) is 6.54 Å². The molecule has 22 heavy (non-hydrogen) atoms. The molecule has 1 aromatic heterocycles. The van der Waals surface area contributed by atoms with E-state index in [1.807, 2.05) is 13.0 Å². The highest BCUT2D eigenvalue weighted by Crippen LogP contribution is 2.20. The van der Waals surface area contributed by atoms with E-state index in [-0.39, 0.29) is 17.5 Å². The zero-order valence-electron chi connectivity index (χ0n) is 11.9. The predicted molar refractivity (Wildman–Crippen MR) is 79.0 cm³/mol. The van der Waals surface area contributed by atoms with Crippen molar-refractivity contribution in [3.8, 4) is 11.6 Å². The summed E-state index contributed by atoms with van der Waals surface area (Å²) in [6, 6.07) is 5.30. The number of hydrogen-bond donors (Lipinski definition) is 2. The first-order valence-corrected chi connectivity index (χ1v) is 6.88. The first-order chi connectivity index (χ1) is 10.7. The van der Waals surface area contributed by atoms with Gasteiger partial charge in [0.25, 0.3) is 5.91 Å². The summed E-state index contributed by atoms with van der Waals surface area (Å²) < 4.78 is 10.7.